The van der Waals surface area contributed by atoms with Crippen LogP contribution in [-0.2, 0) is 6.54 Å². The molecule has 0 amide bonds. The lowest BCUT2D eigenvalue weighted by Gasteiger charge is -2.22. The van der Waals surface area contributed by atoms with Crippen LogP contribution in [-0.4, -0.2) is 36.4 Å². The van der Waals surface area contributed by atoms with E-state index in [1.54, 1.807) is 13.4 Å². The molecule has 174 valence electrons. The van der Waals surface area contributed by atoms with Crippen LogP contribution in [0.3, 0.4) is 0 Å². The fraction of sp³-hybridized carbons (Fsp3) is 0.214. The molecule has 3 aromatic heterocycles. The van der Waals surface area contributed by atoms with Crippen molar-refractivity contribution in [3.8, 4) is 34.2 Å². The summed E-state index contributed by atoms with van der Waals surface area (Å²) in [4.78, 5) is 14.0. The van der Waals surface area contributed by atoms with Crippen LogP contribution in [0.1, 0.15) is 35.8 Å². The number of benzene rings is 2. The van der Waals surface area contributed by atoms with Gasteiger partial charge in [-0.3, -0.25) is 0 Å². The van der Waals surface area contributed by atoms with E-state index < -0.39 is 0 Å². The molecular weight excluding hydrogens is 436 g/mol. The molecule has 0 bridgehead atoms. The van der Waals surface area contributed by atoms with Crippen molar-refractivity contribution in [3.63, 3.8) is 0 Å². The second-order valence-electron chi connectivity index (χ2n) is 8.85. The summed E-state index contributed by atoms with van der Waals surface area (Å²) in [5, 5.41) is 4.83. The minimum absolute atomic E-state index is 0.198. The van der Waals surface area contributed by atoms with E-state index in [2.05, 4.69) is 53.5 Å². The molecule has 0 radical (unpaired) electrons. The van der Waals surface area contributed by atoms with Gasteiger partial charge in [0.25, 0.3) is 0 Å². The monoisotopic (exact) mass is 462 g/mol. The summed E-state index contributed by atoms with van der Waals surface area (Å²) in [6.07, 6.45) is 5.81. The van der Waals surface area contributed by atoms with E-state index in [4.69, 9.17) is 19.8 Å². The predicted molar refractivity (Wildman–Crippen MR) is 135 cm³/mol. The molecule has 0 saturated carbocycles. The molecule has 0 aliphatic carbocycles. The van der Waals surface area contributed by atoms with E-state index in [1.807, 2.05) is 40.6 Å². The lowest BCUT2D eigenvalue weighted by atomic mass is 9.89. The molecule has 5 aromatic rings. The van der Waals surface area contributed by atoms with Crippen LogP contribution >= 0.6 is 0 Å². The molecule has 0 N–H and O–H groups in total. The van der Waals surface area contributed by atoms with Gasteiger partial charge in [0.05, 0.1) is 19.1 Å². The highest BCUT2D eigenvalue weighted by Crippen LogP contribution is 2.35. The van der Waals surface area contributed by atoms with Crippen molar-refractivity contribution < 1.29 is 4.74 Å². The van der Waals surface area contributed by atoms with E-state index in [1.165, 1.54) is 16.7 Å². The fourth-order valence-electron chi connectivity index (χ4n) is 4.80. The summed E-state index contributed by atoms with van der Waals surface area (Å²) in [6.45, 7) is 2.82. The first-order chi connectivity index (χ1) is 17.2. The quantitative estimate of drug-likeness (QED) is 0.348. The van der Waals surface area contributed by atoms with E-state index in [-0.39, 0.29) is 5.92 Å². The van der Waals surface area contributed by atoms with Gasteiger partial charge in [-0.25, -0.2) is 19.6 Å². The number of hydrogen-bond donors (Lipinski definition) is 0. The zero-order valence-electron chi connectivity index (χ0n) is 19.8. The fourth-order valence-corrected chi connectivity index (χ4v) is 4.80. The minimum atomic E-state index is 0.198. The third-order valence-corrected chi connectivity index (χ3v) is 6.52. The Kier molecular flexibility index (Phi) is 5.37. The van der Waals surface area contributed by atoms with Gasteiger partial charge in [0.15, 0.2) is 5.82 Å². The van der Waals surface area contributed by atoms with Gasteiger partial charge < -0.3 is 9.30 Å². The first-order valence-electron chi connectivity index (χ1n) is 11.9. The maximum Gasteiger partial charge on any atom is 0.238 e. The molecule has 0 saturated heterocycles. The number of ether oxygens (including phenoxy) is 1. The van der Waals surface area contributed by atoms with Crippen LogP contribution in [0.15, 0.2) is 79.3 Å². The highest BCUT2D eigenvalue weighted by Gasteiger charge is 2.27. The number of imidazole rings is 1. The number of aromatic nitrogens is 6. The molecular formula is C28H26N6O. The predicted octanol–water partition coefficient (Wildman–Crippen LogP) is 5.44. The molecule has 0 spiro atoms. The Hall–Kier alpha value is -4.26. The third kappa shape index (κ3) is 3.99. The lowest BCUT2D eigenvalue weighted by molar-refractivity contribution is 0.396. The van der Waals surface area contributed by atoms with Crippen molar-refractivity contribution in [3.05, 3.63) is 96.3 Å². The number of hydrogen-bond acceptors (Lipinski definition) is 5. The molecule has 4 heterocycles. The van der Waals surface area contributed by atoms with Crippen LogP contribution in [0.2, 0.25) is 0 Å². The second-order valence-corrected chi connectivity index (χ2v) is 8.85. The summed E-state index contributed by atoms with van der Waals surface area (Å²) >= 11 is 0. The highest BCUT2D eigenvalue weighted by molar-refractivity contribution is 5.64. The van der Waals surface area contributed by atoms with Crippen LogP contribution in [0, 0.1) is 6.92 Å². The Bertz CT molecular complexity index is 1490. The zero-order chi connectivity index (χ0) is 23.8. The number of methoxy groups -OCH3 is 1. The molecule has 1 atom stereocenters. The first-order valence-corrected chi connectivity index (χ1v) is 11.9. The van der Waals surface area contributed by atoms with Crippen molar-refractivity contribution in [1.29, 1.82) is 0 Å². The number of rotatable bonds is 5. The zero-order valence-corrected chi connectivity index (χ0v) is 19.8. The summed E-state index contributed by atoms with van der Waals surface area (Å²) in [6, 6.07) is 23.2. The maximum atomic E-state index is 5.60. The topological polar surface area (TPSA) is 70.7 Å². The molecule has 7 nitrogen and oxygen atoms in total. The molecule has 1 aliphatic heterocycles. The molecule has 0 unspecified atom stereocenters. The molecule has 1 aliphatic rings. The molecule has 0 fully saturated rings. The standard InChI is InChI=1S/C28H26N6O/c1-19-17-33(18-29-19)25-14-13-24(30-28(25)35-2)26-31-27-23(12-7-15-34(27)32-26)22-11-6-10-21(16-22)20-8-4-3-5-9-20/h3-6,8-11,13-14,16-18,23H,7,12,15H2,1-2H3/t23-/m1/s1. The Balaban J connectivity index is 1.35. The van der Waals surface area contributed by atoms with Crippen molar-refractivity contribution in [2.24, 2.45) is 0 Å². The van der Waals surface area contributed by atoms with Crippen molar-refractivity contribution in [2.75, 3.05) is 7.11 Å². The summed E-state index contributed by atoms with van der Waals surface area (Å²) < 4.78 is 9.55. The number of aryl methyl sites for hydroxylation is 2. The molecule has 2 aromatic carbocycles. The van der Waals surface area contributed by atoms with Gasteiger partial charge in [0.1, 0.15) is 17.2 Å². The SMILES string of the molecule is COc1nc(-c2nc3n(n2)CCC[C@@H]3c2cccc(-c3ccccc3)c2)ccc1-n1cnc(C)c1. The van der Waals surface area contributed by atoms with Crippen LogP contribution < -0.4 is 4.74 Å². The number of fused-ring (bicyclic) bond motifs is 1. The van der Waals surface area contributed by atoms with Crippen LogP contribution in [0.25, 0.3) is 28.3 Å². The Labute approximate surface area is 204 Å². The minimum Gasteiger partial charge on any atom is -0.479 e. The normalized spacial score (nSPS) is 15.1. The van der Waals surface area contributed by atoms with E-state index in [9.17, 15) is 0 Å². The highest BCUT2D eigenvalue weighted by atomic mass is 16.5. The Morgan fingerprint density at radius 3 is 2.60 bits per heavy atom. The van der Waals surface area contributed by atoms with Gasteiger partial charge in [0, 0.05) is 18.7 Å². The second kappa shape index (κ2) is 8.83. The summed E-state index contributed by atoms with van der Waals surface area (Å²) in [5.74, 6) is 2.33. The summed E-state index contributed by atoms with van der Waals surface area (Å²) in [5.41, 5.74) is 6.16. The van der Waals surface area contributed by atoms with Crippen molar-refractivity contribution >= 4 is 0 Å². The van der Waals surface area contributed by atoms with Gasteiger partial charge in [0.2, 0.25) is 5.88 Å². The maximum absolute atomic E-state index is 5.60. The number of pyridine rings is 1. The van der Waals surface area contributed by atoms with Gasteiger partial charge in [-0.2, -0.15) is 0 Å². The molecule has 6 rings (SSSR count). The lowest BCUT2D eigenvalue weighted by Crippen LogP contribution is -2.18. The van der Waals surface area contributed by atoms with Crippen molar-refractivity contribution in [1.82, 2.24) is 29.3 Å². The van der Waals surface area contributed by atoms with Gasteiger partial charge in [-0.05, 0) is 48.6 Å². The average molecular weight is 463 g/mol. The smallest absolute Gasteiger partial charge is 0.238 e. The van der Waals surface area contributed by atoms with Crippen molar-refractivity contribution in [2.45, 2.75) is 32.2 Å². The van der Waals surface area contributed by atoms with E-state index >= 15 is 0 Å². The summed E-state index contributed by atoms with van der Waals surface area (Å²) in [7, 11) is 1.63. The van der Waals surface area contributed by atoms with Crippen LogP contribution in [0.4, 0.5) is 0 Å². The van der Waals surface area contributed by atoms with Gasteiger partial charge in [-0.15, -0.1) is 5.10 Å². The van der Waals surface area contributed by atoms with Gasteiger partial charge >= 0.3 is 0 Å². The first kappa shape index (κ1) is 21.3. The third-order valence-electron chi connectivity index (χ3n) is 6.52. The molecule has 35 heavy (non-hydrogen) atoms. The average Bonchev–Trinajstić information content (AvgIpc) is 3.55. The van der Waals surface area contributed by atoms with Crippen LogP contribution in [0.5, 0.6) is 5.88 Å². The largest absolute Gasteiger partial charge is 0.479 e. The Morgan fingerprint density at radius 2 is 1.80 bits per heavy atom. The van der Waals surface area contributed by atoms with Gasteiger partial charge in [-0.1, -0.05) is 54.6 Å². The van der Waals surface area contributed by atoms with E-state index in [0.29, 0.717) is 17.4 Å². The molecule has 7 heteroatoms. The van der Waals surface area contributed by atoms with E-state index in [0.717, 1.165) is 36.6 Å². The Morgan fingerprint density at radius 1 is 0.943 bits per heavy atom. The number of nitrogens with zero attached hydrogens (tertiary/aromatic N) is 6.